The molecular weight excluding hydrogens is 364 g/mol. The molecule has 6 nitrogen and oxygen atoms in total. The molecule has 1 aliphatic heterocycles. The van der Waals surface area contributed by atoms with Gasteiger partial charge in [0.05, 0.1) is 5.02 Å². The number of aromatic nitrogens is 2. The number of halogens is 1. The van der Waals surface area contributed by atoms with E-state index < -0.39 is 11.9 Å². The number of imidazole rings is 1. The average Bonchev–Trinajstić information content (AvgIpc) is 3.16. The summed E-state index contributed by atoms with van der Waals surface area (Å²) in [6, 6.07) is 12.5. The molecule has 0 unspecified atom stereocenters. The smallest absolute Gasteiger partial charge is 0.273 e. The Morgan fingerprint density at radius 1 is 1.15 bits per heavy atom. The van der Waals surface area contributed by atoms with E-state index in [1.165, 1.54) is 0 Å². The highest BCUT2D eigenvalue weighted by atomic mass is 35.5. The molecule has 2 fully saturated rings. The van der Waals surface area contributed by atoms with Crippen LogP contribution in [-0.2, 0) is 4.79 Å². The summed E-state index contributed by atoms with van der Waals surface area (Å²) in [5, 5.41) is 0.504. The predicted octanol–water partition coefficient (Wildman–Crippen LogP) is 2.60. The van der Waals surface area contributed by atoms with Gasteiger partial charge in [-0.05, 0) is 30.4 Å². The van der Waals surface area contributed by atoms with Gasteiger partial charge >= 0.3 is 0 Å². The maximum Gasteiger partial charge on any atom is 0.273 e. The molecule has 2 aliphatic rings. The first-order valence-electron chi connectivity index (χ1n) is 8.88. The number of nitrogens with two attached hydrogens (primary N) is 1. The Kier molecular flexibility index (Phi) is 3.52. The minimum atomic E-state index is -0.546. The van der Waals surface area contributed by atoms with Gasteiger partial charge in [-0.25, -0.2) is 4.98 Å². The SMILES string of the molecule is NC(=O)[C@@H]1[C@H]2C[C@H]2CN1C(=O)c1c(-c2ccccc2)nc2ccc(Cl)cn12. The molecule has 3 atom stereocenters. The van der Waals surface area contributed by atoms with Gasteiger partial charge in [-0.1, -0.05) is 41.9 Å². The number of nitrogens with zero attached hydrogens (tertiary/aromatic N) is 3. The number of hydrogen-bond acceptors (Lipinski definition) is 3. The number of primary amides is 1. The van der Waals surface area contributed by atoms with Crippen LogP contribution >= 0.6 is 11.6 Å². The number of pyridine rings is 1. The number of amides is 2. The molecule has 5 rings (SSSR count). The number of benzene rings is 1. The van der Waals surface area contributed by atoms with Gasteiger partial charge in [0.2, 0.25) is 5.91 Å². The van der Waals surface area contributed by atoms with Crippen LogP contribution in [0.3, 0.4) is 0 Å². The lowest BCUT2D eigenvalue weighted by atomic mass is 10.1. The molecule has 3 heterocycles. The van der Waals surface area contributed by atoms with Crippen molar-refractivity contribution in [2.24, 2.45) is 17.6 Å². The van der Waals surface area contributed by atoms with Gasteiger partial charge in [0.15, 0.2) is 0 Å². The molecule has 0 spiro atoms. The number of carbonyl (C=O) groups excluding carboxylic acids is 2. The van der Waals surface area contributed by atoms with Crippen molar-refractivity contribution < 1.29 is 9.59 Å². The highest BCUT2D eigenvalue weighted by molar-refractivity contribution is 6.30. The predicted molar refractivity (Wildman–Crippen MR) is 101 cm³/mol. The third-order valence-corrected chi connectivity index (χ3v) is 5.76. The van der Waals surface area contributed by atoms with Crippen molar-refractivity contribution in [3.63, 3.8) is 0 Å². The highest BCUT2D eigenvalue weighted by Crippen LogP contribution is 2.50. The maximum atomic E-state index is 13.5. The number of piperidine rings is 1. The van der Waals surface area contributed by atoms with Gasteiger partial charge < -0.3 is 10.6 Å². The summed E-state index contributed by atoms with van der Waals surface area (Å²) >= 11 is 6.17. The van der Waals surface area contributed by atoms with Crippen molar-refractivity contribution in [3.8, 4) is 11.3 Å². The summed E-state index contributed by atoms with van der Waals surface area (Å²) in [5.41, 5.74) is 8.05. The number of fused-ring (bicyclic) bond motifs is 2. The minimum Gasteiger partial charge on any atom is -0.368 e. The van der Waals surface area contributed by atoms with E-state index in [-0.39, 0.29) is 11.8 Å². The van der Waals surface area contributed by atoms with Crippen LogP contribution in [0.1, 0.15) is 16.9 Å². The molecule has 3 aromatic rings. The minimum absolute atomic E-state index is 0.189. The molecule has 1 saturated heterocycles. The highest BCUT2D eigenvalue weighted by Gasteiger charge is 2.56. The summed E-state index contributed by atoms with van der Waals surface area (Å²) < 4.78 is 1.70. The van der Waals surface area contributed by atoms with Crippen molar-refractivity contribution in [1.29, 1.82) is 0 Å². The molecule has 1 aromatic carbocycles. The summed E-state index contributed by atoms with van der Waals surface area (Å²) in [6.07, 6.45) is 2.64. The van der Waals surface area contributed by atoms with Crippen molar-refractivity contribution in [3.05, 3.63) is 59.4 Å². The maximum absolute atomic E-state index is 13.5. The van der Waals surface area contributed by atoms with Crippen LogP contribution in [-0.4, -0.2) is 38.7 Å². The van der Waals surface area contributed by atoms with E-state index in [1.54, 1.807) is 27.6 Å². The molecule has 0 bridgehead atoms. The molecule has 0 radical (unpaired) electrons. The van der Waals surface area contributed by atoms with E-state index in [4.69, 9.17) is 17.3 Å². The standard InChI is InChI=1S/C20H17ClN4O2/c21-13-6-7-15-23-16(11-4-2-1-3-5-11)18(24(15)10-13)20(27)25-9-12-8-14(12)17(25)19(22)26/h1-7,10,12,14,17H,8-9H2,(H2,22,26)/t12-,14-,17-/m0/s1. The largest absolute Gasteiger partial charge is 0.368 e. The second-order valence-electron chi connectivity index (χ2n) is 7.21. The fraction of sp³-hybridized carbons (Fsp3) is 0.250. The van der Waals surface area contributed by atoms with Crippen LogP contribution < -0.4 is 5.73 Å². The average molecular weight is 381 g/mol. The Balaban J connectivity index is 1.68. The fourth-order valence-electron chi connectivity index (χ4n) is 4.20. The fourth-order valence-corrected chi connectivity index (χ4v) is 4.36. The number of hydrogen-bond donors (Lipinski definition) is 1. The molecule has 1 saturated carbocycles. The molecular formula is C20H17ClN4O2. The number of likely N-dealkylation sites (tertiary alicyclic amines) is 1. The second kappa shape index (κ2) is 5.82. The summed E-state index contributed by atoms with van der Waals surface area (Å²) in [5.74, 6) is -0.120. The Hall–Kier alpha value is -2.86. The van der Waals surface area contributed by atoms with E-state index in [1.807, 2.05) is 30.3 Å². The topological polar surface area (TPSA) is 80.7 Å². The summed E-state index contributed by atoms with van der Waals surface area (Å²) in [4.78, 5) is 31.8. The zero-order valence-electron chi connectivity index (χ0n) is 14.4. The van der Waals surface area contributed by atoms with Gasteiger partial charge in [-0.15, -0.1) is 0 Å². The summed E-state index contributed by atoms with van der Waals surface area (Å²) in [6.45, 7) is 0.555. The van der Waals surface area contributed by atoms with E-state index in [9.17, 15) is 9.59 Å². The van der Waals surface area contributed by atoms with Crippen molar-refractivity contribution in [1.82, 2.24) is 14.3 Å². The van der Waals surface area contributed by atoms with E-state index >= 15 is 0 Å². The van der Waals surface area contributed by atoms with E-state index in [2.05, 4.69) is 4.98 Å². The molecule has 27 heavy (non-hydrogen) atoms. The first kappa shape index (κ1) is 16.3. The lowest BCUT2D eigenvalue weighted by molar-refractivity contribution is -0.122. The van der Waals surface area contributed by atoms with Gasteiger partial charge in [-0.2, -0.15) is 0 Å². The van der Waals surface area contributed by atoms with Gasteiger partial charge in [0, 0.05) is 18.3 Å². The van der Waals surface area contributed by atoms with Crippen molar-refractivity contribution in [2.75, 3.05) is 6.54 Å². The van der Waals surface area contributed by atoms with Crippen LogP contribution in [0.25, 0.3) is 16.9 Å². The molecule has 2 aromatic heterocycles. The molecule has 7 heteroatoms. The zero-order valence-corrected chi connectivity index (χ0v) is 15.1. The van der Waals surface area contributed by atoms with Crippen molar-refractivity contribution >= 4 is 29.1 Å². The molecule has 2 N–H and O–H groups in total. The Labute approximate surface area is 160 Å². The summed E-state index contributed by atoms with van der Waals surface area (Å²) in [7, 11) is 0. The Morgan fingerprint density at radius 2 is 1.93 bits per heavy atom. The third kappa shape index (κ3) is 2.51. The molecule has 136 valence electrons. The first-order chi connectivity index (χ1) is 13.0. The van der Waals surface area contributed by atoms with Gasteiger partial charge in [0.1, 0.15) is 23.1 Å². The molecule has 1 aliphatic carbocycles. The normalized spacial score (nSPS) is 23.4. The Bertz CT molecular complexity index is 1080. The van der Waals surface area contributed by atoms with Crippen molar-refractivity contribution in [2.45, 2.75) is 12.5 Å². The Morgan fingerprint density at radius 3 is 2.67 bits per heavy atom. The van der Waals surface area contributed by atoms with Gasteiger partial charge in [-0.3, -0.25) is 14.0 Å². The zero-order chi connectivity index (χ0) is 18.7. The molecule has 2 amide bonds. The van der Waals surface area contributed by atoms with Gasteiger partial charge in [0.25, 0.3) is 5.91 Å². The van der Waals surface area contributed by atoms with E-state index in [0.717, 1.165) is 12.0 Å². The van der Waals surface area contributed by atoms with E-state index in [0.29, 0.717) is 34.5 Å². The quantitative estimate of drug-likeness (QED) is 0.758. The van der Waals surface area contributed by atoms with Crippen LogP contribution in [0, 0.1) is 11.8 Å². The van der Waals surface area contributed by atoms with Crippen LogP contribution in [0.2, 0.25) is 5.02 Å². The monoisotopic (exact) mass is 380 g/mol. The van der Waals surface area contributed by atoms with Crippen LogP contribution in [0.15, 0.2) is 48.7 Å². The van der Waals surface area contributed by atoms with Crippen LogP contribution in [0.5, 0.6) is 0 Å². The first-order valence-corrected chi connectivity index (χ1v) is 9.25. The second-order valence-corrected chi connectivity index (χ2v) is 7.65. The number of rotatable bonds is 3. The lowest BCUT2D eigenvalue weighted by Crippen LogP contribution is -2.46. The lowest BCUT2D eigenvalue weighted by Gasteiger charge is -2.25. The van der Waals surface area contributed by atoms with Crippen LogP contribution in [0.4, 0.5) is 0 Å². The third-order valence-electron chi connectivity index (χ3n) is 5.53. The number of carbonyl (C=O) groups is 2.